The fourth-order valence-corrected chi connectivity index (χ4v) is 5.97. The lowest BCUT2D eigenvalue weighted by molar-refractivity contribution is 0.0982. The molecule has 1 saturated heterocycles. The second kappa shape index (κ2) is 10.5. The zero-order valence-electron chi connectivity index (χ0n) is 21.8. The molecule has 1 atom stereocenters. The summed E-state index contributed by atoms with van der Waals surface area (Å²) in [6, 6.07) is 31.0. The third-order valence-electron chi connectivity index (χ3n) is 7.63. The number of carbonyl (C=O) groups is 2. The molecule has 194 valence electrons. The highest BCUT2D eigenvalue weighted by Gasteiger charge is 2.36. The number of fused-ring (bicyclic) bond motifs is 2. The van der Waals surface area contributed by atoms with Gasteiger partial charge in [0.25, 0.3) is 11.8 Å². The number of anilines is 2. The molecule has 5 nitrogen and oxygen atoms in total. The standard InChI is InChI=1S/C33H29N3O2S/c1-22-12-14-23(15-13-22)27-8-2-3-9-28(27)31(37)34-25-18-16-24(17-19-25)32(38)36-21-26-7-6-20-35(26)33(39)29-10-4-5-11-30(29)36/h2-5,8-19,26H,6-7,20-21H2,1H3,(H,34,37)/t26-/m1/s1. The molecule has 2 aliphatic heterocycles. The number of nitrogens with one attached hydrogen (secondary N) is 1. The fourth-order valence-electron chi connectivity index (χ4n) is 5.56. The van der Waals surface area contributed by atoms with Gasteiger partial charge in [0, 0.05) is 41.5 Å². The van der Waals surface area contributed by atoms with Crippen LogP contribution in [0.2, 0.25) is 0 Å². The van der Waals surface area contributed by atoms with Gasteiger partial charge in [0.1, 0.15) is 4.99 Å². The Morgan fingerprint density at radius 2 is 1.54 bits per heavy atom. The highest BCUT2D eigenvalue weighted by molar-refractivity contribution is 7.80. The van der Waals surface area contributed by atoms with Gasteiger partial charge in [-0.25, -0.2) is 0 Å². The van der Waals surface area contributed by atoms with Gasteiger partial charge in [0.2, 0.25) is 0 Å². The van der Waals surface area contributed by atoms with E-state index < -0.39 is 0 Å². The van der Waals surface area contributed by atoms with Gasteiger partial charge in [-0.05, 0) is 73.4 Å². The van der Waals surface area contributed by atoms with Crippen molar-refractivity contribution in [3.8, 4) is 11.1 Å². The maximum Gasteiger partial charge on any atom is 0.258 e. The molecule has 4 aromatic carbocycles. The van der Waals surface area contributed by atoms with Crippen LogP contribution in [-0.2, 0) is 0 Å². The molecule has 0 spiro atoms. The second-order valence-electron chi connectivity index (χ2n) is 10.2. The van der Waals surface area contributed by atoms with E-state index in [0.29, 0.717) is 23.4 Å². The predicted molar refractivity (Wildman–Crippen MR) is 161 cm³/mol. The average molecular weight is 532 g/mol. The zero-order valence-corrected chi connectivity index (χ0v) is 22.6. The number of hydrogen-bond donors (Lipinski definition) is 1. The molecule has 1 fully saturated rings. The van der Waals surface area contributed by atoms with E-state index in [0.717, 1.165) is 46.8 Å². The third kappa shape index (κ3) is 4.84. The maximum atomic E-state index is 13.8. The molecule has 2 heterocycles. The maximum absolute atomic E-state index is 13.8. The average Bonchev–Trinajstić information content (AvgIpc) is 3.40. The van der Waals surface area contributed by atoms with E-state index in [-0.39, 0.29) is 17.9 Å². The predicted octanol–water partition coefficient (Wildman–Crippen LogP) is 6.71. The third-order valence-corrected chi connectivity index (χ3v) is 8.08. The minimum atomic E-state index is -0.193. The van der Waals surface area contributed by atoms with E-state index >= 15 is 0 Å². The van der Waals surface area contributed by atoms with Crippen LogP contribution in [0.1, 0.15) is 44.7 Å². The Labute approximate surface area is 234 Å². The number of para-hydroxylation sites is 1. The first-order valence-electron chi connectivity index (χ1n) is 13.3. The van der Waals surface area contributed by atoms with Crippen LogP contribution < -0.4 is 10.2 Å². The van der Waals surface area contributed by atoms with Gasteiger partial charge in [-0.2, -0.15) is 0 Å². The molecule has 0 bridgehead atoms. The minimum absolute atomic E-state index is 0.0680. The van der Waals surface area contributed by atoms with Crippen LogP contribution in [0, 0.1) is 6.92 Å². The van der Waals surface area contributed by atoms with Crippen molar-refractivity contribution in [3.05, 3.63) is 119 Å². The molecule has 1 N–H and O–H groups in total. The van der Waals surface area contributed by atoms with E-state index in [2.05, 4.69) is 10.2 Å². The van der Waals surface area contributed by atoms with Crippen LogP contribution in [0.25, 0.3) is 11.1 Å². The van der Waals surface area contributed by atoms with Gasteiger partial charge >= 0.3 is 0 Å². The largest absolute Gasteiger partial charge is 0.357 e. The number of hydrogen-bond acceptors (Lipinski definition) is 3. The van der Waals surface area contributed by atoms with E-state index in [9.17, 15) is 9.59 Å². The Bertz CT molecular complexity index is 1560. The van der Waals surface area contributed by atoms with Crippen molar-refractivity contribution in [2.45, 2.75) is 25.8 Å². The molecule has 6 heteroatoms. The van der Waals surface area contributed by atoms with Crippen molar-refractivity contribution in [1.82, 2.24) is 4.90 Å². The lowest BCUT2D eigenvalue weighted by atomic mass is 9.98. The summed E-state index contributed by atoms with van der Waals surface area (Å²) in [5, 5.41) is 3.00. The van der Waals surface area contributed by atoms with Crippen molar-refractivity contribution >= 4 is 40.4 Å². The number of nitrogens with zero attached hydrogens (tertiary/aromatic N) is 2. The van der Waals surface area contributed by atoms with Crippen LogP contribution in [0.4, 0.5) is 11.4 Å². The molecule has 0 unspecified atom stereocenters. The molecule has 2 aliphatic rings. The second-order valence-corrected chi connectivity index (χ2v) is 10.6. The van der Waals surface area contributed by atoms with Crippen LogP contribution in [0.15, 0.2) is 97.1 Å². The molecule has 6 rings (SSSR count). The summed E-state index contributed by atoms with van der Waals surface area (Å²) in [5.74, 6) is -0.261. The topological polar surface area (TPSA) is 52.7 Å². The molecule has 4 aromatic rings. The summed E-state index contributed by atoms with van der Waals surface area (Å²) in [6.45, 7) is 3.58. The van der Waals surface area contributed by atoms with Gasteiger partial charge < -0.3 is 15.1 Å². The van der Waals surface area contributed by atoms with Gasteiger partial charge in [-0.15, -0.1) is 0 Å². The molecule has 39 heavy (non-hydrogen) atoms. The van der Waals surface area contributed by atoms with E-state index in [1.807, 2.05) is 84.6 Å². The Kier molecular flexibility index (Phi) is 6.71. The molecule has 0 aromatic heterocycles. The van der Waals surface area contributed by atoms with Crippen molar-refractivity contribution in [1.29, 1.82) is 0 Å². The van der Waals surface area contributed by atoms with Crippen LogP contribution in [0.3, 0.4) is 0 Å². The van der Waals surface area contributed by atoms with Gasteiger partial charge in [0.05, 0.1) is 5.69 Å². The van der Waals surface area contributed by atoms with Crippen LogP contribution in [0.5, 0.6) is 0 Å². The lowest BCUT2D eigenvalue weighted by Gasteiger charge is -2.27. The quantitative estimate of drug-likeness (QED) is 0.297. The smallest absolute Gasteiger partial charge is 0.258 e. The Morgan fingerprint density at radius 1 is 0.846 bits per heavy atom. The van der Waals surface area contributed by atoms with E-state index in [1.165, 1.54) is 5.56 Å². The highest BCUT2D eigenvalue weighted by atomic mass is 32.1. The minimum Gasteiger partial charge on any atom is -0.357 e. The number of amides is 2. The number of carbonyl (C=O) groups excluding carboxylic acids is 2. The molecule has 0 radical (unpaired) electrons. The first-order valence-corrected chi connectivity index (χ1v) is 13.7. The summed E-state index contributed by atoms with van der Waals surface area (Å²) in [4.78, 5) is 32.0. The van der Waals surface area contributed by atoms with E-state index in [1.54, 1.807) is 24.3 Å². The fraction of sp³-hybridized carbons (Fsp3) is 0.182. The van der Waals surface area contributed by atoms with Gasteiger partial charge in [0.15, 0.2) is 0 Å². The molecule has 0 aliphatic carbocycles. The SMILES string of the molecule is Cc1ccc(-c2ccccc2C(=O)Nc2ccc(C(=O)N3C[C@H]4CCCN4C(=S)c4ccccc43)cc2)cc1. The number of benzene rings is 4. The van der Waals surface area contributed by atoms with Crippen LogP contribution >= 0.6 is 12.2 Å². The monoisotopic (exact) mass is 531 g/mol. The van der Waals surface area contributed by atoms with Crippen molar-refractivity contribution in [2.75, 3.05) is 23.3 Å². The molecular weight excluding hydrogens is 502 g/mol. The van der Waals surface area contributed by atoms with Crippen molar-refractivity contribution in [3.63, 3.8) is 0 Å². The van der Waals surface area contributed by atoms with E-state index in [4.69, 9.17) is 12.2 Å². The number of rotatable bonds is 4. The van der Waals surface area contributed by atoms with Gasteiger partial charge in [-0.1, -0.05) is 72.4 Å². The summed E-state index contributed by atoms with van der Waals surface area (Å²) in [6.07, 6.45) is 2.10. The Morgan fingerprint density at radius 3 is 2.31 bits per heavy atom. The first kappa shape index (κ1) is 25.0. The molecular formula is C33H29N3O2S. The Hall–Kier alpha value is -4.29. The summed E-state index contributed by atoms with van der Waals surface area (Å²) in [7, 11) is 0. The number of thiocarbonyl (C=S) groups is 1. The Balaban J connectivity index is 1.23. The summed E-state index contributed by atoms with van der Waals surface area (Å²) in [5.41, 5.74) is 6.62. The van der Waals surface area contributed by atoms with Crippen molar-refractivity contribution in [2.24, 2.45) is 0 Å². The normalized spacial score (nSPS) is 16.3. The summed E-state index contributed by atoms with van der Waals surface area (Å²) >= 11 is 5.83. The molecule has 0 saturated carbocycles. The van der Waals surface area contributed by atoms with Crippen molar-refractivity contribution < 1.29 is 9.59 Å². The zero-order chi connectivity index (χ0) is 26.9. The van der Waals surface area contributed by atoms with Crippen LogP contribution in [-0.4, -0.2) is 40.8 Å². The summed E-state index contributed by atoms with van der Waals surface area (Å²) < 4.78 is 0. The highest BCUT2D eigenvalue weighted by Crippen LogP contribution is 2.33. The lowest BCUT2D eigenvalue weighted by Crippen LogP contribution is -2.41. The van der Waals surface area contributed by atoms with Gasteiger partial charge in [-0.3, -0.25) is 9.59 Å². The molecule has 2 amide bonds. The number of aryl methyl sites for hydroxylation is 1. The first-order chi connectivity index (χ1) is 19.0.